The lowest BCUT2D eigenvalue weighted by molar-refractivity contribution is -0.126. The number of benzene rings is 3. The second-order valence-electron chi connectivity index (χ2n) is 9.09. The molecule has 6 nitrogen and oxygen atoms in total. The Morgan fingerprint density at radius 1 is 0.912 bits per heavy atom. The number of imide groups is 1. The second kappa shape index (κ2) is 7.89. The Morgan fingerprint density at radius 2 is 1.62 bits per heavy atom. The van der Waals surface area contributed by atoms with Gasteiger partial charge in [-0.15, -0.1) is 0 Å². The molecule has 7 heteroatoms. The minimum Gasteiger partial charge on any atom is -0.274 e. The highest BCUT2D eigenvalue weighted by molar-refractivity contribution is 9.10. The molecule has 34 heavy (non-hydrogen) atoms. The standard InChI is InChI=1S/C27H22BrN3O3/c28-20-10-12-21(13-11-20)31-23(32)16-27(26(31)34)17-30(25(33)19-7-2-1-3-8-19)29-15-14-18-6-4-5-9-22(18)24(27)29/h1-13,24H,14-17H2/t24-,27-/m1/s1. The monoisotopic (exact) mass is 515 g/mol. The lowest BCUT2D eigenvalue weighted by Crippen LogP contribution is -2.45. The Morgan fingerprint density at radius 3 is 2.38 bits per heavy atom. The maximum atomic E-state index is 14.1. The van der Waals surface area contributed by atoms with Crippen LogP contribution in [0.25, 0.3) is 0 Å². The van der Waals surface area contributed by atoms with Crippen molar-refractivity contribution in [1.29, 1.82) is 0 Å². The number of hydrazine groups is 1. The van der Waals surface area contributed by atoms with Crippen LogP contribution in [-0.2, 0) is 16.0 Å². The van der Waals surface area contributed by atoms with Gasteiger partial charge in [0.2, 0.25) is 11.8 Å². The van der Waals surface area contributed by atoms with Gasteiger partial charge in [0, 0.05) is 23.0 Å². The first-order valence-electron chi connectivity index (χ1n) is 11.3. The van der Waals surface area contributed by atoms with Gasteiger partial charge in [-0.2, -0.15) is 0 Å². The van der Waals surface area contributed by atoms with Gasteiger partial charge >= 0.3 is 0 Å². The fourth-order valence-corrected chi connectivity index (χ4v) is 5.97. The van der Waals surface area contributed by atoms with Gasteiger partial charge in [-0.25, -0.2) is 9.91 Å². The maximum Gasteiger partial charge on any atom is 0.268 e. The SMILES string of the molecule is O=C1C[C@]2(CN(C(=O)c3ccccc3)N3CCc4ccccc4[C@@H]32)C(=O)N1c1ccc(Br)cc1. The summed E-state index contributed by atoms with van der Waals surface area (Å²) in [4.78, 5) is 42.4. The first kappa shape index (κ1) is 21.3. The van der Waals surface area contributed by atoms with E-state index in [1.807, 2.05) is 53.5 Å². The summed E-state index contributed by atoms with van der Waals surface area (Å²) in [7, 11) is 0. The number of amides is 3. The van der Waals surface area contributed by atoms with Gasteiger partial charge in [-0.3, -0.25) is 19.4 Å². The smallest absolute Gasteiger partial charge is 0.268 e. The van der Waals surface area contributed by atoms with E-state index < -0.39 is 5.41 Å². The highest BCUT2D eigenvalue weighted by atomic mass is 79.9. The minimum atomic E-state index is -1.04. The lowest BCUT2D eigenvalue weighted by atomic mass is 9.74. The lowest BCUT2D eigenvalue weighted by Gasteiger charge is -2.39. The van der Waals surface area contributed by atoms with Crippen LogP contribution < -0.4 is 4.90 Å². The molecular weight excluding hydrogens is 494 g/mol. The summed E-state index contributed by atoms with van der Waals surface area (Å²) in [6.45, 7) is 0.791. The van der Waals surface area contributed by atoms with Crippen LogP contribution in [0.15, 0.2) is 83.3 Å². The third kappa shape index (κ3) is 3.07. The van der Waals surface area contributed by atoms with E-state index in [4.69, 9.17) is 0 Å². The molecule has 0 N–H and O–H groups in total. The van der Waals surface area contributed by atoms with Crippen LogP contribution in [0, 0.1) is 5.41 Å². The zero-order chi connectivity index (χ0) is 23.4. The van der Waals surface area contributed by atoms with Crippen molar-refractivity contribution < 1.29 is 14.4 Å². The van der Waals surface area contributed by atoms with Crippen LogP contribution in [0.5, 0.6) is 0 Å². The van der Waals surface area contributed by atoms with Crippen LogP contribution in [0.4, 0.5) is 5.69 Å². The van der Waals surface area contributed by atoms with Gasteiger partial charge in [0.15, 0.2) is 0 Å². The molecule has 3 amide bonds. The van der Waals surface area contributed by atoms with Crippen molar-refractivity contribution in [2.24, 2.45) is 5.41 Å². The van der Waals surface area contributed by atoms with Crippen molar-refractivity contribution in [3.8, 4) is 0 Å². The van der Waals surface area contributed by atoms with Gasteiger partial charge in [0.05, 0.1) is 23.7 Å². The van der Waals surface area contributed by atoms with Gasteiger partial charge in [0.25, 0.3) is 5.91 Å². The van der Waals surface area contributed by atoms with Crippen molar-refractivity contribution in [3.63, 3.8) is 0 Å². The molecule has 170 valence electrons. The number of nitrogens with zero attached hydrogens (tertiary/aromatic N) is 3. The third-order valence-electron chi connectivity index (χ3n) is 7.21. The molecular formula is C27H22BrN3O3. The average Bonchev–Trinajstić information content (AvgIpc) is 3.33. The van der Waals surface area contributed by atoms with Crippen molar-refractivity contribution in [3.05, 3.63) is 100 Å². The molecule has 0 radical (unpaired) electrons. The number of halogens is 1. The first-order chi connectivity index (χ1) is 16.5. The summed E-state index contributed by atoms with van der Waals surface area (Å²) in [5, 5.41) is 3.72. The van der Waals surface area contributed by atoms with Crippen molar-refractivity contribution in [2.45, 2.75) is 18.9 Å². The van der Waals surface area contributed by atoms with E-state index in [-0.39, 0.29) is 36.7 Å². The van der Waals surface area contributed by atoms with E-state index in [9.17, 15) is 14.4 Å². The Labute approximate surface area is 205 Å². The highest BCUT2D eigenvalue weighted by Crippen LogP contribution is 2.55. The van der Waals surface area contributed by atoms with E-state index in [0.717, 1.165) is 16.5 Å². The van der Waals surface area contributed by atoms with E-state index in [1.165, 1.54) is 10.5 Å². The molecule has 0 bridgehead atoms. The number of hydrogen-bond donors (Lipinski definition) is 0. The predicted octanol–water partition coefficient (Wildman–Crippen LogP) is 4.37. The highest BCUT2D eigenvalue weighted by Gasteiger charge is 2.65. The molecule has 3 aliphatic rings. The molecule has 0 unspecified atom stereocenters. The van der Waals surface area contributed by atoms with Crippen LogP contribution in [0.3, 0.4) is 0 Å². The molecule has 0 aromatic heterocycles. The molecule has 0 saturated carbocycles. The summed E-state index contributed by atoms with van der Waals surface area (Å²) >= 11 is 3.41. The zero-order valence-corrected chi connectivity index (χ0v) is 19.9. The largest absolute Gasteiger partial charge is 0.274 e. The van der Waals surface area contributed by atoms with E-state index >= 15 is 0 Å². The average molecular weight is 516 g/mol. The number of carbonyl (C=O) groups excluding carboxylic acids is 3. The fourth-order valence-electron chi connectivity index (χ4n) is 5.71. The van der Waals surface area contributed by atoms with Crippen molar-refractivity contribution >= 4 is 39.3 Å². The van der Waals surface area contributed by atoms with Gasteiger partial charge in [-0.1, -0.05) is 58.4 Å². The summed E-state index contributed by atoms with van der Waals surface area (Å²) < 4.78 is 0.873. The molecule has 3 aromatic carbocycles. The number of fused-ring (bicyclic) bond motifs is 4. The molecule has 1 spiro atoms. The van der Waals surface area contributed by atoms with E-state index in [2.05, 4.69) is 22.0 Å². The Balaban J connectivity index is 1.47. The Kier molecular flexibility index (Phi) is 4.93. The van der Waals surface area contributed by atoms with Crippen LogP contribution >= 0.6 is 15.9 Å². The summed E-state index contributed by atoms with van der Waals surface area (Å²) in [5.74, 6) is -0.622. The fraction of sp³-hybridized carbons (Fsp3) is 0.222. The molecule has 3 aliphatic heterocycles. The van der Waals surface area contributed by atoms with E-state index in [1.54, 1.807) is 29.3 Å². The van der Waals surface area contributed by atoms with Crippen LogP contribution in [0.1, 0.15) is 33.9 Å². The maximum absolute atomic E-state index is 14.1. The second-order valence-corrected chi connectivity index (χ2v) is 10.0. The zero-order valence-electron chi connectivity index (χ0n) is 18.4. The van der Waals surface area contributed by atoms with Gasteiger partial charge in [-0.05, 0) is 53.9 Å². The number of anilines is 1. The molecule has 2 fully saturated rings. The van der Waals surface area contributed by atoms with Crippen LogP contribution in [-0.4, -0.2) is 40.8 Å². The van der Waals surface area contributed by atoms with Crippen molar-refractivity contribution in [1.82, 2.24) is 10.0 Å². The van der Waals surface area contributed by atoms with Crippen molar-refractivity contribution in [2.75, 3.05) is 18.0 Å². The quantitative estimate of drug-likeness (QED) is 0.475. The summed E-state index contributed by atoms with van der Waals surface area (Å²) in [6, 6.07) is 24.0. The minimum absolute atomic E-state index is 0.0654. The predicted molar refractivity (Wildman–Crippen MR) is 131 cm³/mol. The summed E-state index contributed by atoms with van der Waals surface area (Å²) in [6.07, 6.45) is 0.843. The topological polar surface area (TPSA) is 60.9 Å². The normalized spacial score (nSPS) is 24.0. The molecule has 6 rings (SSSR count). The van der Waals surface area contributed by atoms with Crippen LogP contribution in [0.2, 0.25) is 0 Å². The molecule has 0 aliphatic carbocycles. The number of hydrogen-bond acceptors (Lipinski definition) is 4. The molecule has 3 heterocycles. The molecule has 2 saturated heterocycles. The third-order valence-corrected chi connectivity index (χ3v) is 7.74. The Bertz CT molecular complexity index is 1310. The molecule has 3 aromatic rings. The number of rotatable bonds is 2. The van der Waals surface area contributed by atoms with Gasteiger partial charge < -0.3 is 0 Å². The van der Waals surface area contributed by atoms with E-state index in [0.29, 0.717) is 17.8 Å². The molecule has 2 atom stereocenters. The summed E-state index contributed by atoms with van der Waals surface area (Å²) in [5.41, 5.74) is 2.28. The number of carbonyl (C=O) groups is 3. The van der Waals surface area contributed by atoms with Gasteiger partial charge in [0.1, 0.15) is 0 Å². The Hall–Kier alpha value is -3.29. The first-order valence-corrected chi connectivity index (χ1v) is 12.1.